The molecule has 144 valence electrons. The van der Waals surface area contributed by atoms with Crippen molar-refractivity contribution >= 4 is 21.8 Å². The molecule has 2 aromatic rings. The minimum absolute atomic E-state index is 0.0520. The maximum atomic E-state index is 12.3. The lowest BCUT2D eigenvalue weighted by Gasteiger charge is -2.11. The zero-order valence-electron chi connectivity index (χ0n) is 15.5. The summed E-state index contributed by atoms with van der Waals surface area (Å²) in [4.78, 5) is 23.8. The van der Waals surface area contributed by atoms with Gasteiger partial charge in [-0.05, 0) is 63.2 Å². The van der Waals surface area contributed by atoms with E-state index in [1.54, 1.807) is 13.8 Å². The van der Waals surface area contributed by atoms with Crippen LogP contribution in [0.4, 0.5) is 0 Å². The van der Waals surface area contributed by atoms with Crippen molar-refractivity contribution in [2.24, 2.45) is 0 Å². The molecule has 2 aromatic carbocycles. The van der Waals surface area contributed by atoms with Crippen LogP contribution in [0, 0.1) is 0 Å². The quantitative estimate of drug-likeness (QED) is 0.443. The Morgan fingerprint density at radius 2 is 1.56 bits per heavy atom. The predicted molar refractivity (Wildman–Crippen MR) is 99.9 cm³/mol. The fraction of sp³-hybridized carbons (Fsp3) is 0.263. The molecule has 27 heavy (non-hydrogen) atoms. The Balaban J connectivity index is 2.21. The molecule has 0 aliphatic heterocycles. The highest BCUT2D eigenvalue weighted by Crippen LogP contribution is 2.29. The zero-order chi connectivity index (χ0) is 20.2. The van der Waals surface area contributed by atoms with Gasteiger partial charge in [0.05, 0.1) is 17.6 Å². The molecule has 0 radical (unpaired) electrons. The number of ketones is 1. The van der Waals surface area contributed by atoms with Gasteiger partial charge in [-0.25, -0.2) is 17.9 Å². The van der Waals surface area contributed by atoms with E-state index in [2.05, 4.69) is 4.72 Å². The molecule has 0 aliphatic rings. The highest BCUT2D eigenvalue weighted by molar-refractivity contribution is 7.89. The van der Waals surface area contributed by atoms with E-state index in [1.807, 2.05) is 0 Å². The second-order valence-corrected chi connectivity index (χ2v) is 7.83. The lowest BCUT2D eigenvalue weighted by molar-refractivity contribution is 0.0729. The average molecular weight is 391 g/mol. The number of hydrogen-bond acceptors (Lipinski definition) is 6. The summed E-state index contributed by atoms with van der Waals surface area (Å²) in [5.41, 5.74) is 0.607. The first kappa shape index (κ1) is 20.6. The van der Waals surface area contributed by atoms with E-state index in [0.29, 0.717) is 5.56 Å². The second kappa shape index (κ2) is 8.32. The molecule has 0 aliphatic carbocycles. The number of rotatable bonds is 7. The van der Waals surface area contributed by atoms with E-state index in [-0.39, 0.29) is 33.8 Å². The van der Waals surface area contributed by atoms with Crippen LogP contribution in [-0.4, -0.2) is 33.3 Å². The topological polar surface area (TPSA) is 98.8 Å². The van der Waals surface area contributed by atoms with Crippen molar-refractivity contribution in [3.05, 3.63) is 53.6 Å². The van der Waals surface area contributed by atoms with Crippen molar-refractivity contribution < 1.29 is 27.5 Å². The number of nitrogens with one attached hydrogen (secondary N) is 1. The third-order valence-electron chi connectivity index (χ3n) is 3.56. The van der Waals surface area contributed by atoms with Crippen LogP contribution in [0.1, 0.15) is 41.5 Å². The highest BCUT2D eigenvalue weighted by atomic mass is 32.2. The summed E-state index contributed by atoms with van der Waals surface area (Å²) in [6, 6.07) is 9.64. The summed E-state index contributed by atoms with van der Waals surface area (Å²) in [6.45, 7) is 4.85. The summed E-state index contributed by atoms with van der Waals surface area (Å²) < 4.78 is 37.2. The molecule has 7 nitrogen and oxygen atoms in total. The Hall–Kier alpha value is -2.71. The Bertz CT molecular complexity index is 949. The third kappa shape index (κ3) is 5.15. The second-order valence-electron chi connectivity index (χ2n) is 6.11. The molecule has 0 aromatic heterocycles. The van der Waals surface area contributed by atoms with Gasteiger partial charge in [-0.1, -0.05) is 0 Å². The van der Waals surface area contributed by atoms with Crippen molar-refractivity contribution in [2.75, 3.05) is 7.11 Å². The van der Waals surface area contributed by atoms with Crippen LogP contribution in [0.15, 0.2) is 47.4 Å². The number of Topliss-reactive ketones (excluding diaryl/α,β-unsaturated/α-hetero) is 1. The maximum absolute atomic E-state index is 12.3. The first-order chi connectivity index (χ1) is 12.6. The van der Waals surface area contributed by atoms with Crippen LogP contribution in [0.2, 0.25) is 0 Å². The highest BCUT2D eigenvalue weighted by Gasteiger charge is 2.18. The summed E-state index contributed by atoms with van der Waals surface area (Å²) in [5.74, 6) is -0.412. The summed E-state index contributed by atoms with van der Waals surface area (Å²) in [7, 11) is -2.24. The SMILES string of the molecule is COc1cc(C(C)=O)ccc1OC(=O)c1ccc(S(=O)(=O)NC(C)C)cc1. The normalized spacial score (nSPS) is 11.3. The van der Waals surface area contributed by atoms with Crippen molar-refractivity contribution in [2.45, 2.75) is 31.7 Å². The van der Waals surface area contributed by atoms with Crippen LogP contribution < -0.4 is 14.2 Å². The molecule has 0 unspecified atom stereocenters. The third-order valence-corrected chi connectivity index (χ3v) is 5.24. The van der Waals surface area contributed by atoms with Crippen LogP contribution in [0.5, 0.6) is 11.5 Å². The van der Waals surface area contributed by atoms with E-state index in [0.717, 1.165) is 0 Å². The maximum Gasteiger partial charge on any atom is 0.343 e. The molecule has 0 spiro atoms. The van der Waals surface area contributed by atoms with E-state index in [9.17, 15) is 18.0 Å². The van der Waals surface area contributed by atoms with Gasteiger partial charge in [-0.3, -0.25) is 4.79 Å². The Morgan fingerprint density at radius 1 is 0.963 bits per heavy atom. The van der Waals surface area contributed by atoms with E-state index < -0.39 is 16.0 Å². The van der Waals surface area contributed by atoms with Crippen LogP contribution in [0.25, 0.3) is 0 Å². The minimum Gasteiger partial charge on any atom is -0.493 e. The van der Waals surface area contributed by atoms with Crippen LogP contribution in [-0.2, 0) is 10.0 Å². The first-order valence-corrected chi connectivity index (χ1v) is 9.66. The van der Waals surface area contributed by atoms with Crippen molar-refractivity contribution in [3.8, 4) is 11.5 Å². The van der Waals surface area contributed by atoms with Crippen molar-refractivity contribution in [1.29, 1.82) is 0 Å². The number of hydrogen-bond donors (Lipinski definition) is 1. The van der Waals surface area contributed by atoms with Gasteiger partial charge in [0.25, 0.3) is 0 Å². The molecule has 1 N–H and O–H groups in total. The molecule has 0 saturated carbocycles. The van der Waals surface area contributed by atoms with Gasteiger partial charge in [-0.15, -0.1) is 0 Å². The monoisotopic (exact) mass is 391 g/mol. The number of ether oxygens (including phenoxy) is 2. The van der Waals surface area contributed by atoms with Gasteiger partial charge < -0.3 is 9.47 Å². The lowest BCUT2D eigenvalue weighted by Crippen LogP contribution is -2.30. The van der Waals surface area contributed by atoms with Gasteiger partial charge in [0.2, 0.25) is 10.0 Å². The average Bonchev–Trinajstić information content (AvgIpc) is 2.60. The van der Waals surface area contributed by atoms with E-state index >= 15 is 0 Å². The number of methoxy groups -OCH3 is 1. The van der Waals surface area contributed by atoms with Gasteiger partial charge >= 0.3 is 5.97 Å². The largest absolute Gasteiger partial charge is 0.493 e. The van der Waals surface area contributed by atoms with Crippen LogP contribution >= 0.6 is 0 Å². The molecule has 0 bridgehead atoms. The molecule has 0 heterocycles. The number of carbonyl (C=O) groups excluding carboxylic acids is 2. The van der Waals surface area contributed by atoms with E-state index in [1.165, 1.54) is 56.5 Å². The fourth-order valence-electron chi connectivity index (χ4n) is 2.28. The minimum atomic E-state index is -3.64. The molecular formula is C19H21NO6S. The van der Waals surface area contributed by atoms with Gasteiger partial charge in [0.1, 0.15) is 0 Å². The molecule has 2 rings (SSSR count). The van der Waals surface area contributed by atoms with Gasteiger partial charge in [-0.2, -0.15) is 0 Å². The molecule has 0 fully saturated rings. The first-order valence-electron chi connectivity index (χ1n) is 8.17. The predicted octanol–water partition coefficient (Wildman–Crippen LogP) is 2.80. The fourth-order valence-corrected chi connectivity index (χ4v) is 3.53. The van der Waals surface area contributed by atoms with Crippen molar-refractivity contribution in [3.63, 3.8) is 0 Å². The molecule has 0 atom stereocenters. The van der Waals surface area contributed by atoms with Gasteiger partial charge in [0, 0.05) is 11.6 Å². The Morgan fingerprint density at radius 3 is 2.07 bits per heavy atom. The van der Waals surface area contributed by atoms with Gasteiger partial charge in [0.15, 0.2) is 17.3 Å². The number of sulfonamides is 1. The molecular weight excluding hydrogens is 370 g/mol. The molecule has 0 saturated heterocycles. The van der Waals surface area contributed by atoms with Crippen molar-refractivity contribution in [1.82, 2.24) is 4.72 Å². The molecule has 0 amide bonds. The summed E-state index contributed by atoms with van der Waals surface area (Å²) in [6.07, 6.45) is 0. The summed E-state index contributed by atoms with van der Waals surface area (Å²) in [5, 5.41) is 0. The number of carbonyl (C=O) groups is 2. The van der Waals surface area contributed by atoms with Crippen LogP contribution in [0.3, 0.4) is 0 Å². The zero-order valence-corrected chi connectivity index (χ0v) is 16.3. The smallest absolute Gasteiger partial charge is 0.343 e. The number of esters is 1. The number of benzene rings is 2. The lowest BCUT2D eigenvalue weighted by atomic mass is 10.1. The molecule has 8 heteroatoms. The standard InChI is InChI=1S/C19H21NO6S/c1-12(2)20-27(23,24)16-8-5-14(6-9-16)19(22)26-17-10-7-15(13(3)21)11-18(17)25-4/h5-12,20H,1-4H3. The summed E-state index contributed by atoms with van der Waals surface area (Å²) >= 11 is 0. The Kier molecular flexibility index (Phi) is 6.35. The van der Waals surface area contributed by atoms with E-state index in [4.69, 9.17) is 9.47 Å². The Labute approximate surface area is 158 Å².